The van der Waals surface area contributed by atoms with E-state index in [4.69, 9.17) is 4.74 Å². The molecule has 0 fully saturated rings. The van der Waals surface area contributed by atoms with E-state index in [1.807, 2.05) is 31.2 Å². The Morgan fingerprint density at radius 2 is 2.00 bits per heavy atom. The average molecular weight is 294 g/mol. The summed E-state index contributed by atoms with van der Waals surface area (Å²) in [5, 5.41) is 9.92. The number of benzene rings is 1. The third-order valence-electron chi connectivity index (χ3n) is 3.30. The van der Waals surface area contributed by atoms with Gasteiger partial charge in [0.25, 0.3) is 0 Å². The van der Waals surface area contributed by atoms with Crippen LogP contribution in [0.2, 0.25) is 0 Å². The quantitative estimate of drug-likeness (QED) is 0.798. The van der Waals surface area contributed by atoms with Crippen LogP contribution in [0.25, 0.3) is 22.2 Å². The first-order chi connectivity index (χ1) is 10.7. The number of carboxylic acids is 1. The van der Waals surface area contributed by atoms with Gasteiger partial charge in [0.15, 0.2) is 0 Å². The maximum atomic E-state index is 11.5. The second kappa shape index (κ2) is 5.81. The highest BCUT2D eigenvalue weighted by Crippen LogP contribution is 2.26. The molecule has 0 atom stereocenters. The van der Waals surface area contributed by atoms with Crippen molar-refractivity contribution < 1.29 is 14.6 Å². The van der Waals surface area contributed by atoms with Gasteiger partial charge in [0.05, 0.1) is 23.4 Å². The molecule has 5 heteroatoms. The maximum absolute atomic E-state index is 11.5. The summed E-state index contributed by atoms with van der Waals surface area (Å²) in [6.45, 7) is 2.52. The van der Waals surface area contributed by atoms with Gasteiger partial charge in [0.2, 0.25) is 0 Å². The first kappa shape index (κ1) is 14.0. The predicted octanol–water partition coefficient (Wildman–Crippen LogP) is 3.39. The summed E-state index contributed by atoms with van der Waals surface area (Å²) < 4.78 is 5.41. The van der Waals surface area contributed by atoms with Crippen molar-refractivity contribution in [2.24, 2.45) is 0 Å². The highest BCUT2D eigenvalue weighted by molar-refractivity contribution is 6.03. The lowest BCUT2D eigenvalue weighted by Crippen LogP contribution is -2.00. The Morgan fingerprint density at radius 1 is 1.23 bits per heavy atom. The number of hydrogen-bond donors (Lipinski definition) is 1. The molecule has 2 aromatic heterocycles. The molecule has 0 spiro atoms. The van der Waals surface area contributed by atoms with E-state index in [1.54, 1.807) is 18.3 Å². The molecule has 0 aliphatic rings. The predicted molar refractivity (Wildman–Crippen MR) is 83.1 cm³/mol. The van der Waals surface area contributed by atoms with E-state index in [9.17, 15) is 9.90 Å². The summed E-state index contributed by atoms with van der Waals surface area (Å²) in [6, 6.07) is 10.7. The van der Waals surface area contributed by atoms with Crippen LogP contribution >= 0.6 is 0 Å². The summed E-state index contributed by atoms with van der Waals surface area (Å²) in [5.41, 5.74) is 2.25. The number of rotatable bonds is 4. The molecule has 1 aromatic carbocycles. The zero-order valence-corrected chi connectivity index (χ0v) is 12.0. The fourth-order valence-electron chi connectivity index (χ4n) is 2.28. The van der Waals surface area contributed by atoms with Gasteiger partial charge in [-0.2, -0.15) is 0 Å². The van der Waals surface area contributed by atoms with E-state index < -0.39 is 5.97 Å². The lowest BCUT2D eigenvalue weighted by atomic mass is 10.1. The molecule has 110 valence electrons. The molecule has 3 rings (SSSR count). The molecular formula is C17H14N2O3. The van der Waals surface area contributed by atoms with Crippen LogP contribution in [0.3, 0.4) is 0 Å². The Labute approximate surface area is 127 Å². The van der Waals surface area contributed by atoms with Gasteiger partial charge >= 0.3 is 5.97 Å². The van der Waals surface area contributed by atoms with Gasteiger partial charge in [-0.15, -0.1) is 0 Å². The highest BCUT2D eigenvalue weighted by Gasteiger charge is 2.13. The normalized spacial score (nSPS) is 10.6. The number of aromatic carboxylic acids is 1. The second-order valence-electron chi connectivity index (χ2n) is 4.71. The van der Waals surface area contributed by atoms with Crippen LogP contribution in [0.1, 0.15) is 17.3 Å². The standard InChI is InChI=1S/C17H14N2O3/c1-2-22-12-5-3-11(4-6-12)16-9-13(17(20)21)14-10-18-8-7-15(14)19-16/h3-10H,2H2,1H3,(H,20,21). The number of ether oxygens (including phenoxy) is 1. The molecule has 1 N–H and O–H groups in total. The third kappa shape index (κ3) is 2.61. The minimum Gasteiger partial charge on any atom is -0.494 e. The Bertz CT molecular complexity index is 829. The molecule has 0 unspecified atom stereocenters. The van der Waals surface area contributed by atoms with Crippen LogP contribution < -0.4 is 4.74 Å². The monoisotopic (exact) mass is 294 g/mol. The van der Waals surface area contributed by atoms with Crippen molar-refractivity contribution in [2.45, 2.75) is 6.92 Å². The number of hydrogen-bond acceptors (Lipinski definition) is 4. The molecule has 0 bridgehead atoms. The molecule has 22 heavy (non-hydrogen) atoms. The van der Waals surface area contributed by atoms with Gasteiger partial charge < -0.3 is 9.84 Å². The van der Waals surface area contributed by atoms with E-state index in [2.05, 4.69) is 9.97 Å². The lowest BCUT2D eigenvalue weighted by molar-refractivity contribution is 0.0699. The van der Waals surface area contributed by atoms with Crippen molar-refractivity contribution in [3.63, 3.8) is 0 Å². The Hall–Kier alpha value is -2.95. The molecule has 2 heterocycles. The van der Waals surface area contributed by atoms with Crippen molar-refractivity contribution in [3.8, 4) is 17.0 Å². The van der Waals surface area contributed by atoms with E-state index >= 15 is 0 Å². The molecule has 0 aliphatic heterocycles. The first-order valence-electron chi connectivity index (χ1n) is 6.90. The fraction of sp³-hybridized carbons (Fsp3) is 0.118. The SMILES string of the molecule is CCOc1ccc(-c2cc(C(=O)O)c3cnccc3n2)cc1. The van der Waals surface area contributed by atoms with Gasteiger partial charge in [0, 0.05) is 23.3 Å². The number of carboxylic acid groups (broad SMARTS) is 1. The largest absolute Gasteiger partial charge is 0.494 e. The molecule has 0 saturated heterocycles. The number of nitrogens with zero attached hydrogens (tertiary/aromatic N) is 2. The summed E-state index contributed by atoms with van der Waals surface area (Å²) >= 11 is 0. The van der Waals surface area contributed by atoms with Crippen molar-refractivity contribution >= 4 is 16.9 Å². The Morgan fingerprint density at radius 3 is 2.68 bits per heavy atom. The fourth-order valence-corrected chi connectivity index (χ4v) is 2.28. The third-order valence-corrected chi connectivity index (χ3v) is 3.30. The van der Waals surface area contributed by atoms with Crippen LogP contribution in [0, 0.1) is 0 Å². The highest BCUT2D eigenvalue weighted by atomic mass is 16.5. The molecule has 0 aliphatic carbocycles. The topological polar surface area (TPSA) is 72.3 Å². The van der Waals surface area contributed by atoms with Gasteiger partial charge in [-0.1, -0.05) is 0 Å². The van der Waals surface area contributed by atoms with Crippen LogP contribution in [-0.2, 0) is 0 Å². The zero-order valence-electron chi connectivity index (χ0n) is 12.0. The van der Waals surface area contributed by atoms with Crippen molar-refractivity contribution in [1.82, 2.24) is 9.97 Å². The minimum absolute atomic E-state index is 0.196. The van der Waals surface area contributed by atoms with Crippen LogP contribution in [0.15, 0.2) is 48.8 Å². The van der Waals surface area contributed by atoms with Gasteiger partial charge in [-0.05, 0) is 43.3 Å². The molecule has 0 amide bonds. The van der Waals surface area contributed by atoms with Crippen LogP contribution in [-0.4, -0.2) is 27.7 Å². The van der Waals surface area contributed by atoms with Crippen molar-refractivity contribution in [2.75, 3.05) is 6.61 Å². The van der Waals surface area contributed by atoms with Crippen molar-refractivity contribution in [3.05, 3.63) is 54.4 Å². The summed E-state index contributed by atoms with van der Waals surface area (Å²) in [6.07, 6.45) is 3.12. The van der Waals surface area contributed by atoms with Crippen molar-refractivity contribution in [1.29, 1.82) is 0 Å². The molecule has 0 saturated carbocycles. The maximum Gasteiger partial charge on any atom is 0.336 e. The van der Waals surface area contributed by atoms with E-state index in [0.29, 0.717) is 23.2 Å². The second-order valence-corrected chi connectivity index (χ2v) is 4.71. The van der Waals surface area contributed by atoms with E-state index in [0.717, 1.165) is 11.3 Å². The Balaban J connectivity index is 2.12. The van der Waals surface area contributed by atoms with Gasteiger partial charge in [-0.3, -0.25) is 4.98 Å². The lowest BCUT2D eigenvalue weighted by Gasteiger charge is -2.08. The summed E-state index contributed by atoms with van der Waals surface area (Å²) in [7, 11) is 0. The smallest absolute Gasteiger partial charge is 0.336 e. The number of aromatic nitrogens is 2. The number of carbonyl (C=O) groups is 1. The average Bonchev–Trinajstić information content (AvgIpc) is 2.54. The Kier molecular flexibility index (Phi) is 3.70. The minimum atomic E-state index is -0.993. The van der Waals surface area contributed by atoms with Gasteiger partial charge in [-0.25, -0.2) is 9.78 Å². The number of fused-ring (bicyclic) bond motifs is 1. The summed E-state index contributed by atoms with van der Waals surface area (Å²) in [5.74, 6) is -0.220. The molecule has 3 aromatic rings. The van der Waals surface area contributed by atoms with Gasteiger partial charge in [0.1, 0.15) is 5.75 Å². The molecule has 0 radical (unpaired) electrons. The van der Waals surface area contributed by atoms with Crippen LogP contribution in [0.4, 0.5) is 0 Å². The van der Waals surface area contributed by atoms with E-state index in [-0.39, 0.29) is 5.56 Å². The summed E-state index contributed by atoms with van der Waals surface area (Å²) in [4.78, 5) is 20.0. The molecular weight excluding hydrogens is 280 g/mol. The van der Waals surface area contributed by atoms with Crippen LogP contribution in [0.5, 0.6) is 5.75 Å². The molecule has 5 nitrogen and oxygen atoms in total. The number of pyridine rings is 2. The zero-order chi connectivity index (χ0) is 15.5. The van der Waals surface area contributed by atoms with E-state index in [1.165, 1.54) is 6.20 Å². The first-order valence-corrected chi connectivity index (χ1v) is 6.90.